The first-order valence-electron chi connectivity index (χ1n) is 6.46. The maximum Gasteiger partial charge on any atom is 0.255 e. The minimum absolute atomic E-state index is 0.116. The van der Waals surface area contributed by atoms with Gasteiger partial charge in [-0.05, 0) is 31.2 Å². The van der Waals surface area contributed by atoms with Gasteiger partial charge in [0.1, 0.15) is 12.4 Å². The molecule has 1 aromatic carbocycles. The van der Waals surface area contributed by atoms with Crippen LogP contribution < -0.4 is 16.6 Å². The maximum atomic E-state index is 13.1. The second-order valence-electron chi connectivity index (χ2n) is 4.65. The number of halogens is 1. The highest BCUT2D eigenvalue weighted by Crippen LogP contribution is 2.09. The van der Waals surface area contributed by atoms with Crippen molar-refractivity contribution in [3.8, 4) is 0 Å². The van der Waals surface area contributed by atoms with Crippen LogP contribution in [0.5, 0.6) is 0 Å². The Morgan fingerprint density at radius 2 is 2.10 bits per heavy atom. The lowest BCUT2D eigenvalue weighted by atomic mass is 10.2. The highest BCUT2D eigenvalue weighted by Gasteiger charge is 2.10. The Balaban J connectivity index is 2.18. The summed E-state index contributed by atoms with van der Waals surface area (Å²) >= 11 is 0. The van der Waals surface area contributed by atoms with Crippen LogP contribution in [0.25, 0.3) is 0 Å². The van der Waals surface area contributed by atoms with Gasteiger partial charge in [-0.2, -0.15) is 0 Å². The van der Waals surface area contributed by atoms with Gasteiger partial charge in [0.25, 0.3) is 5.56 Å². The fourth-order valence-corrected chi connectivity index (χ4v) is 1.98. The molecule has 2 rings (SSSR count). The van der Waals surface area contributed by atoms with Crippen LogP contribution in [0.2, 0.25) is 0 Å². The number of hydrogen-bond acceptors (Lipinski definition) is 3. The van der Waals surface area contributed by atoms with Crippen LogP contribution >= 0.6 is 0 Å². The number of amides is 1. The van der Waals surface area contributed by atoms with Gasteiger partial charge >= 0.3 is 0 Å². The zero-order valence-corrected chi connectivity index (χ0v) is 11.6. The molecule has 0 spiro atoms. The first kappa shape index (κ1) is 14.9. The summed E-state index contributed by atoms with van der Waals surface area (Å²) in [5.74, 6) is -0.841. The van der Waals surface area contributed by atoms with Crippen molar-refractivity contribution in [2.45, 2.75) is 20.0 Å². The lowest BCUT2D eigenvalue weighted by Gasteiger charge is -2.11. The van der Waals surface area contributed by atoms with E-state index in [-0.39, 0.29) is 18.6 Å². The Labute approximate surface area is 121 Å². The van der Waals surface area contributed by atoms with Gasteiger partial charge < -0.3 is 15.6 Å². The van der Waals surface area contributed by atoms with Crippen LogP contribution in [0.1, 0.15) is 11.3 Å². The lowest BCUT2D eigenvalue weighted by molar-refractivity contribution is -0.116. The molecule has 0 saturated heterocycles. The third kappa shape index (κ3) is 3.55. The van der Waals surface area contributed by atoms with E-state index >= 15 is 0 Å². The van der Waals surface area contributed by atoms with E-state index in [1.54, 1.807) is 25.1 Å². The molecule has 0 bridgehead atoms. The molecule has 0 radical (unpaired) electrons. The molecule has 3 N–H and O–H groups in total. The number of carbonyl (C=O) groups is 1. The molecule has 2 aromatic rings. The molecule has 1 amide bonds. The van der Waals surface area contributed by atoms with Crippen molar-refractivity contribution in [1.29, 1.82) is 0 Å². The Morgan fingerprint density at radius 1 is 1.33 bits per heavy atom. The zero-order chi connectivity index (χ0) is 15.4. The topological polar surface area (TPSA) is 77.1 Å². The van der Waals surface area contributed by atoms with Gasteiger partial charge in [-0.25, -0.2) is 4.39 Å². The fourth-order valence-electron chi connectivity index (χ4n) is 1.98. The van der Waals surface area contributed by atoms with E-state index in [0.717, 1.165) is 0 Å². The van der Waals surface area contributed by atoms with Gasteiger partial charge in [0.15, 0.2) is 0 Å². The normalized spacial score (nSPS) is 10.4. The Hall–Kier alpha value is -2.47. The number of pyridine rings is 1. The highest BCUT2D eigenvalue weighted by atomic mass is 19.1. The molecule has 0 fully saturated rings. The van der Waals surface area contributed by atoms with Crippen molar-refractivity contribution in [2.75, 3.05) is 5.32 Å². The third-order valence-corrected chi connectivity index (χ3v) is 3.10. The number of nitrogens with one attached hydrogen (secondary N) is 1. The number of aromatic nitrogens is 1. The smallest absolute Gasteiger partial charge is 0.255 e. The summed E-state index contributed by atoms with van der Waals surface area (Å²) in [6, 6.07) is 8.96. The van der Waals surface area contributed by atoms with Gasteiger partial charge in [0.2, 0.25) is 5.91 Å². The molecule has 6 heteroatoms. The number of rotatable bonds is 4. The number of benzene rings is 1. The molecule has 110 valence electrons. The highest BCUT2D eigenvalue weighted by molar-refractivity contribution is 5.90. The van der Waals surface area contributed by atoms with Gasteiger partial charge in [-0.3, -0.25) is 9.59 Å². The summed E-state index contributed by atoms with van der Waals surface area (Å²) in [4.78, 5) is 24.1. The van der Waals surface area contributed by atoms with E-state index in [4.69, 9.17) is 5.73 Å². The predicted molar refractivity (Wildman–Crippen MR) is 78.4 cm³/mol. The van der Waals surface area contributed by atoms with Crippen molar-refractivity contribution in [1.82, 2.24) is 4.57 Å². The van der Waals surface area contributed by atoms with Crippen molar-refractivity contribution in [2.24, 2.45) is 5.73 Å². The first-order chi connectivity index (χ1) is 10.0. The van der Waals surface area contributed by atoms with Gasteiger partial charge in [-0.1, -0.05) is 12.1 Å². The molecule has 0 aliphatic heterocycles. The molecule has 21 heavy (non-hydrogen) atoms. The molecule has 1 aromatic heterocycles. The summed E-state index contributed by atoms with van der Waals surface area (Å²) in [6.45, 7) is 1.71. The van der Waals surface area contributed by atoms with Gasteiger partial charge in [0.05, 0.1) is 0 Å². The average molecular weight is 289 g/mol. The largest absolute Gasteiger partial charge is 0.326 e. The number of aryl methyl sites for hydroxylation is 1. The van der Waals surface area contributed by atoms with E-state index in [1.165, 1.54) is 22.8 Å². The van der Waals surface area contributed by atoms with E-state index in [9.17, 15) is 14.0 Å². The Kier molecular flexibility index (Phi) is 4.49. The number of hydrogen-bond donors (Lipinski definition) is 2. The molecule has 0 atom stereocenters. The maximum absolute atomic E-state index is 13.1. The molecule has 1 heterocycles. The lowest BCUT2D eigenvalue weighted by Crippen LogP contribution is -2.31. The summed E-state index contributed by atoms with van der Waals surface area (Å²) in [6.07, 6.45) is 0. The minimum atomic E-state index is -0.439. The van der Waals surface area contributed by atoms with Crippen molar-refractivity contribution >= 4 is 11.6 Å². The zero-order valence-electron chi connectivity index (χ0n) is 11.6. The third-order valence-electron chi connectivity index (χ3n) is 3.10. The monoisotopic (exact) mass is 289 g/mol. The molecular formula is C15H16FN3O2. The first-order valence-corrected chi connectivity index (χ1v) is 6.46. The van der Waals surface area contributed by atoms with Crippen LogP contribution in [0, 0.1) is 12.7 Å². The van der Waals surface area contributed by atoms with E-state index in [1.807, 2.05) is 0 Å². The van der Waals surface area contributed by atoms with Gasteiger partial charge in [0, 0.05) is 23.5 Å². The average Bonchev–Trinajstić information content (AvgIpc) is 2.43. The van der Waals surface area contributed by atoms with E-state index in [0.29, 0.717) is 16.9 Å². The van der Waals surface area contributed by atoms with Crippen molar-refractivity contribution in [3.05, 3.63) is 63.8 Å². The summed E-state index contributed by atoms with van der Waals surface area (Å²) in [7, 11) is 0. The second kappa shape index (κ2) is 6.32. The van der Waals surface area contributed by atoms with Gasteiger partial charge in [-0.15, -0.1) is 0 Å². The van der Waals surface area contributed by atoms with Crippen LogP contribution in [0.15, 0.2) is 41.2 Å². The Bertz CT molecular complexity index is 725. The Morgan fingerprint density at radius 3 is 2.76 bits per heavy atom. The number of nitrogens with two attached hydrogens (primary N) is 1. The van der Waals surface area contributed by atoms with Crippen LogP contribution in [0.3, 0.4) is 0 Å². The van der Waals surface area contributed by atoms with Crippen LogP contribution in [-0.4, -0.2) is 10.5 Å². The molecule has 0 aliphatic carbocycles. The molecule has 0 saturated carbocycles. The number of carbonyl (C=O) groups excluding carboxylic acids is 1. The molecule has 0 aliphatic rings. The standard InChI is InChI=1S/C15H16FN3O2/c1-10-5-6-11(8-17)15(21)19(10)9-14(20)18-13-4-2-3-12(16)7-13/h2-7H,8-9,17H2,1H3,(H,18,20). The molecular weight excluding hydrogens is 273 g/mol. The SMILES string of the molecule is Cc1ccc(CN)c(=O)n1CC(=O)Nc1cccc(F)c1. The molecule has 5 nitrogen and oxygen atoms in total. The van der Waals surface area contributed by atoms with E-state index in [2.05, 4.69) is 5.32 Å². The second-order valence-corrected chi connectivity index (χ2v) is 4.65. The summed E-state index contributed by atoms with van der Waals surface area (Å²) in [5.41, 5.74) is 6.65. The minimum Gasteiger partial charge on any atom is -0.326 e. The summed E-state index contributed by atoms with van der Waals surface area (Å²) in [5, 5.41) is 2.55. The molecule has 0 unspecified atom stereocenters. The van der Waals surface area contributed by atoms with Crippen molar-refractivity contribution in [3.63, 3.8) is 0 Å². The van der Waals surface area contributed by atoms with Crippen molar-refractivity contribution < 1.29 is 9.18 Å². The van der Waals surface area contributed by atoms with Crippen LogP contribution in [0.4, 0.5) is 10.1 Å². The van der Waals surface area contributed by atoms with Crippen LogP contribution in [-0.2, 0) is 17.9 Å². The summed E-state index contributed by atoms with van der Waals surface area (Å²) < 4.78 is 14.4. The quantitative estimate of drug-likeness (QED) is 0.893. The fraction of sp³-hybridized carbons (Fsp3) is 0.200. The number of nitrogens with zero attached hydrogens (tertiary/aromatic N) is 1. The van der Waals surface area contributed by atoms with E-state index < -0.39 is 11.7 Å². The number of anilines is 1. The predicted octanol–water partition coefficient (Wildman–Crippen LogP) is 1.39.